The summed E-state index contributed by atoms with van der Waals surface area (Å²) >= 11 is 4.56. The van der Waals surface area contributed by atoms with E-state index < -0.39 is 5.31 Å². The summed E-state index contributed by atoms with van der Waals surface area (Å²) in [4.78, 5) is 0. The van der Waals surface area contributed by atoms with Crippen molar-refractivity contribution >= 4 is 42.0 Å². The number of benzene rings is 4. The second-order valence-electron chi connectivity index (χ2n) is 8.39. The normalized spacial score (nSPS) is 12.6. The molecule has 33 heavy (non-hydrogen) atoms. The Bertz CT molecular complexity index is 1050. The molecule has 4 aromatic carbocycles. The first-order valence-corrected chi connectivity index (χ1v) is 16.1. The van der Waals surface area contributed by atoms with Crippen molar-refractivity contribution in [2.24, 2.45) is 0 Å². The number of unbranched alkanes of at least 4 members (excludes halogenated alkanes) is 3. The van der Waals surface area contributed by atoms with E-state index in [2.05, 4.69) is 138 Å². The van der Waals surface area contributed by atoms with Gasteiger partial charge in [0.05, 0.1) is 0 Å². The molecule has 0 aliphatic carbocycles. The Morgan fingerprint density at radius 1 is 0.576 bits per heavy atom. The van der Waals surface area contributed by atoms with E-state index in [1.54, 1.807) is 0 Å². The summed E-state index contributed by atoms with van der Waals surface area (Å²) in [6.07, 6.45) is 4.75. The van der Waals surface area contributed by atoms with Crippen LogP contribution in [0.4, 0.5) is 0 Å². The van der Waals surface area contributed by atoms with Crippen LogP contribution in [0.2, 0.25) is 0 Å². The van der Waals surface area contributed by atoms with Crippen molar-refractivity contribution in [3.05, 3.63) is 115 Å². The minimum atomic E-state index is -3.26. The molecule has 4 rings (SSSR count). The Hall–Kier alpha value is -2.41. The van der Waals surface area contributed by atoms with Gasteiger partial charge < -0.3 is 0 Å². The Balaban J connectivity index is 2.00. The summed E-state index contributed by atoms with van der Waals surface area (Å²) in [6.45, 7) is 2.97. The van der Waals surface area contributed by atoms with E-state index in [1.807, 2.05) is 0 Å². The van der Waals surface area contributed by atoms with Gasteiger partial charge in [-0.3, -0.25) is 0 Å². The van der Waals surface area contributed by atoms with Gasteiger partial charge in [-0.05, 0) is 0 Å². The molecule has 0 N–H and O–H groups in total. The Morgan fingerprint density at radius 3 is 1.52 bits per heavy atom. The van der Waals surface area contributed by atoms with Crippen LogP contribution < -0.4 is 26.0 Å². The first kappa shape index (κ1) is 23.7. The van der Waals surface area contributed by atoms with Crippen molar-refractivity contribution in [3.8, 4) is 5.75 Å². The molecule has 0 bridgehead atoms. The number of halogens is 1. The van der Waals surface area contributed by atoms with Gasteiger partial charge in [-0.25, -0.2) is 0 Å². The van der Waals surface area contributed by atoms with Crippen LogP contribution in [-0.4, -0.2) is 6.61 Å². The van der Waals surface area contributed by atoms with Crippen molar-refractivity contribution < 1.29 is 4.74 Å². The van der Waals surface area contributed by atoms with Crippen molar-refractivity contribution in [1.29, 1.82) is 0 Å². The Kier molecular flexibility index (Phi) is 7.68. The van der Waals surface area contributed by atoms with Crippen LogP contribution in [-0.2, 0) is 0 Å². The fraction of sp³-hybridized carbons (Fsp3) is 0.200. The van der Waals surface area contributed by atoms with Gasteiger partial charge in [0.2, 0.25) is 0 Å². The quantitative estimate of drug-likeness (QED) is 0.160. The van der Waals surface area contributed by atoms with Gasteiger partial charge in [-0.15, -0.1) is 0 Å². The molecule has 0 amide bonds. The van der Waals surface area contributed by atoms with E-state index >= 15 is 0 Å². The predicted octanol–water partition coefficient (Wildman–Crippen LogP) is 7.11. The van der Waals surface area contributed by atoms with E-state index in [0.29, 0.717) is 0 Å². The van der Waals surface area contributed by atoms with Gasteiger partial charge in [0.15, 0.2) is 0 Å². The fourth-order valence-corrected chi connectivity index (χ4v) is 12.5. The number of para-hydroxylation sites is 1. The van der Waals surface area contributed by atoms with Crippen molar-refractivity contribution in [1.82, 2.24) is 0 Å². The Labute approximate surface area is 206 Å². The van der Waals surface area contributed by atoms with Gasteiger partial charge in [0.1, 0.15) is 0 Å². The molecule has 0 radical (unpaired) electrons. The maximum atomic E-state index is 6.52. The molecule has 0 saturated heterocycles. The van der Waals surface area contributed by atoms with E-state index in [-0.39, 0.29) is 0 Å². The molecule has 0 unspecified atom stereocenters. The van der Waals surface area contributed by atoms with Crippen molar-refractivity contribution in [3.63, 3.8) is 0 Å². The molecular weight excluding hydrogens is 487 g/mol. The van der Waals surface area contributed by atoms with E-state index in [9.17, 15) is 0 Å². The predicted molar refractivity (Wildman–Crippen MR) is 150 cm³/mol. The molecule has 170 valence electrons. The summed E-state index contributed by atoms with van der Waals surface area (Å²) < 4.78 is 6.52. The molecule has 0 saturated carbocycles. The van der Waals surface area contributed by atoms with Crippen molar-refractivity contribution in [2.75, 3.05) is 6.61 Å². The number of hydrogen-bond acceptors (Lipinski definition) is 1. The van der Waals surface area contributed by atoms with Crippen LogP contribution in [0.5, 0.6) is 5.75 Å². The SMILES string of the molecule is CCCCCCOc1ccccc1P(Br)(c1ccccc1)(c1ccccc1)c1ccccc1. The summed E-state index contributed by atoms with van der Waals surface area (Å²) in [5, 5.41) is 1.75. The monoisotopic (exact) mass is 518 g/mol. The van der Waals surface area contributed by atoms with E-state index in [1.165, 1.54) is 40.5 Å². The average molecular weight is 519 g/mol. The van der Waals surface area contributed by atoms with E-state index in [0.717, 1.165) is 18.8 Å². The fourth-order valence-electron chi connectivity index (χ4n) is 4.63. The molecule has 0 heterocycles. The minimum absolute atomic E-state index is 0.731. The molecule has 0 aromatic heterocycles. The zero-order valence-electron chi connectivity index (χ0n) is 19.2. The number of ether oxygens (including phenoxy) is 1. The molecule has 0 aliphatic rings. The molecule has 1 nitrogen and oxygen atoms in total. The summed E-state index contributed by atoms with van der Waals surface area (Å²) in [6, 6.07) is 41.2. The number of hydrogen-bond donors (Lipinski definition) is 0. The van der Waals surface area contributed by atoms with Crippen LogP contribution in [0.15, 0.2) is 115 Å². The van der Waals surface area contributed by atoms with Gasteiger partial charge in [-0.1, -0.05) is 0 Å². The summed E-state index contributed by atoms with van der Waals surface area (Å²) in [7, 11) is 0. The second kappa shape index (κ2) is 10.7. The first-order valence-electron chi connectivity index (χ1n) is 11.8. The molecular formula is C30H32BrOP. The third-order valence-corrected chi connectivity index (χ3v) is 16.2. The van der Waals surface area contributed by atoms with Crippen LogP contribution in [0.25, 0.3) is 0 Å². The average Bonchev–Trinajstić information content (AvgIpc) is 2.90. The summed E-state index contributed by atoms with van der Waals surface area (Å²) in [5.74, 6) is 0.958. The third-order valence-electron chi connectivity index (χ3n) is 6.30. The standard InChI is InChI=1S/C30H32BrOP/c1-2-3-4-16-25-32-29-23-14-15-24-30(29)33(31,26-17-8-5-9-18-26,27-19-10-6-11-20-27)28-21-12-7-13-22-28/h5-15,17-24H,2-4,16,25H2,1H3. The van der Waals surface area contributed by atoms with Crippen LogP contribution >= 0.6 is 20.8 Å². The van der Waals surface area contributed by atoms with Gasteiger partial charge in [0, 0.05) is 0 Å². The van der Waals surface area contributed by atoms with Crippen LogP contribution in [0, 0.1) is 0 Å². The third kappa shape index (κ3) is 4.39. The zero-order chi connectivity index (χ0) is 23.0. The van der Waals surface area contributed by atoms with Gasteiger partial charge >= 0.3 is 207 Å². The summed E-state index contributed by atoms with van der Waals surface area (Å²) in [5.41, 5.74) is 0. The number of rotatable bonds is 10. The zero-order valence-corrected chi connectivity index (χ0v) is 21.7. The molecule has 0 aliphatic heterocycles. The maximum absolute atomic E-state index is 6.52. The first-order chi connectivity index (χ1) is 16.2. The van der Waals surface area contributed by atoms with Gasteiger partial charge in [0.25, 0.3) is 0 Å². The van der Waals surface area contributed by atoms with E-state index in [4.69, 9.17) is 4.74 Å². The molecule has 0 spiro atoms. The molecule has 0 fully saturated rings. The van der Waals surface area contributed by atoms with Crippen LogP contribution in [0.1, 0.15) is 32.6 Å². The van der Waals surface area contributed by atoms with Gasteiger partial charge in [-0.2, -0.15) is 0 Å². The molecule has 4 aromatic rings. The van der Waals surface area contributed by atoms with Crippen LogP contribution in [0.3, 0.4) is 0 Å². The Morgan fingerprint density at radius 2 is 1.03 bits per heavy atom. The van der Waals surface area contributed by atoms with Crippen molar-refractivity contribution in [2.45, 2.75) is 32.6 Å². The second-order valence-corrected chi connectivity index (χ2v) is 16.7. The molecule has 0 atom stereocenters. The topological polar surface area (TPSA) is 9.23 Å². The molecule has 3 heteroatoms.